The topological polar surface area (TPSA) is 54.9 Å². The zero-order chi connectivity index (χ0) is 18.3. The number of rotatable bonds is 12. The Balaban J connectivity index is 0.00000625. The van der Waals surface area contributed by atoms with Gasteiger partial charge in [-0.15, -0.1) is 24.0 Å². The molecule has 0 unspecified atom stereocenters. The fraction of sp³-hybridized carbons (Fsp3) is 0.650. The molecule has 26 heavy (non-hydrogen) atoms. The minimum Gasteiger partial charge on any atom is -0.381 e. The van der Waals surface area contributed by atoms with Crippen LogP contribution in [0.5, 0.6) is 0 Å². The number of ether oxygens (including phenoxy) is 2. The first-order chi connectivity index (χ1) is 12.2. The smallest absolute Gasteiger partial charge is 0.191 e. The molecule has 2 N–H and O–H groups in total. The Hall–Kier alpha value is -0.860. The summed E-state index contributed by atoms with van der Waals surface area (Å²) < 4.78 is 11.1. The van der Waals surface area contributed by atoms with Crippen LogP contribution in [0.2, 0.25) is 0 Å². The molecule has 0 saturated heterocycles. The van der Waals surface area contributed by atoms with Crippen LogP contribution in [-0.2, 0) is 22.6 Å². The summed E-state index contributed by atoms with van der Waals surface area (Å²) in [5.74, 6) is 1.43. The quantitative estimate of drug-likeness (QED) is 0.207. The van der Waals surface area contributed by atoms with E-state index in [2.05, 4.69) is 43.5 Å². The number of nitrogens with zero attached hydrogens (tertiary/aromatic N) is 1. The van der Waals surface area contributed by atoms with Gasteiger partial charge in [0.15, 0.2) is 5.96 Å². The molecule has 0 saturated carbocycles. The van der Waals surface area contributed by atoms with Crippen LogP contribution >= 0.6 is 24.0 Å². The number of aliphatic imine (C=N–C) groups is 1. The molecule has 150 valence electrons. The second-order valence-electron chi connectivity index (χ2n) is 6.35. The van der Waals surface area contributed by atoms with Gasteiger partial charge in [-0.3, -0.25) is 0 Å². The molecule has 0 aliphatic rings. The van der Waals surface area contributed by atoms with Crippen molar-refractivity contribution in [2.45, 2.75) is 47.3 Å². The van der Waals surface area contributed by atoms with Crippen LogP contribution < -0.4 is 10.6 Å². The van der Waals surface area contributed by atoms with Crippen LogP contribution in [0.15, 0.2) is 29.3 Å². The molecule has 0 aliphatic carbocycles. The molecule has 6 heteroatoms. The molecular weight excluding hydrogens is 441 g/mol. The molecule has 0 atom stereocenters. The average Bonchev–Trinajstić information content (AvgIpc) is 2.61. The van der Waals surface area contributed by atoms with E-state index in [0.29, 0.717) is 19.1 Å². The van der Waals surface area contributed by atoms with E-state index in [-0.39, 0.29) is 24.0 Å². The van der Waals surface area contributed by atoms with E-state index in [0.717, 1.165) is 45.3 Å². The minimum absolute atomic E-state index is 0. The van der Waals surface area contributed by atoms with Gasteiger partial charge in [-0.2, -0.15) is 0 Å². The maximum Gasteiger partial charge on any atom is 0.191 e. The third-order valence-corrected chi connectivity index (χ3v) is 3.54. The number of benzene rings is 1. The van der Waals surface area contributed by atoms with Crippen molar-refractivity contribution in [2.24, 2.45) is 10.9 Å². The van der Waals surface area contributed by atoms with Crippen LogP contribution in [0.4, 0.5) is 0 Å². The van der Waals surface area contributed by atoms with Gasteiger partial charge in [0, 0.05) is 32.9 Å². The zero-order valence-corrected chi connectivity index (χ0v) is 19.0. The molecule has 1 rings (SSSR count). The van der Waals surface area contributed by atoms with E-state index in [9.17, 15) is 0 Å². The van der Waals surface area contributed by atoms with Gasteiger partial charge in [-0.1, -0.05) is 38.1 Å². The van der Waals surface area contributed by atoms with E-state index >= 15 is 0 Å². The SMILES string of the molecule is CCNC(=NCc1ccccc1COCC)NCCCOCC(C)C.I. The van der Waals surface area contributed by atoms with Crippen LogP contribution in [0.25, 0.3) is 0 Å². The molecule has 0 amide bonds. The third kappa shape index (κ3) is 11.7. The summed E-state index contributed by atoms with van der Waals surface area (Å²) in [5, 5.41) is 6.66. The summed E-state index contributed by atoms with van der Waals surface area (Å²) >= 11 is 0. The standard InChI is InChI=1S/C20H35N3O2.HI/c1-5-21-20(22-12-9-13-25-15-17(3)4)23-14-18-10-7-8-11-19(18)16-24-6-2;/h7-8,10-11,17H,5-6,9,12-16H2,1-4H3,(H2,21,22,23);1H. The molecule has 5 nitrogen and oxygen atoms in total. The predicted molar refractivity (Wildman–Crippen MR) is 120 cm³/mol. The van der Waals surface area contributed by atoms with Crippen LogP contribution in [0, 0.1) is 5.92 Å². The highest BCUT2D eigenvalue weighted by Gasteiger charge is 2.03. The highest BCUT2D eigenvalue weighted by molar-refractivity contribution is 14.0. The number of halogens is 1. The summed E-state index contributed by atoms with van der Waals surface area (Å²) in [6.07, 6.45) is 0.970. The third-order valence-electron chi connectivity index (χ3n) is 3.54. The van der Waals surface area contributed by atoms with Crippen molar-refractivity contribution in [3.8, 4) is 0 Å². The van der Waals surface area contributed by atoms with Crippen LogP contribution in [0.3, 0.4) is 0 Å². The Morgan fingerprint density at radius 3 is 2.46 bits per heavy atom. The van der Waals surface area contributed by atoms with Gasteiger partial charge in [0.05, 0.1) is 13.2 Å². The zero-order valence-electron chi connectivity index (χ0n) is 16.7. The second-order valence-corrected chi connectivity index (χ2v) is 6.35. The molecule has 0 fully saturated rings. The Morgan fingerprint density at radius 2 is 1.81 bits per heavy atom. The molecule has 0 bridgehead atoms. The monoisotopic (exact) mass is 477 g/mol. The van der Waals surface area contributed by atoms with Crippen molar-refractivity contribution in [1.29, 1.82) is 0 Å². The largest absolute Gasteiger partial charge is 0.381 e. The number of hydrogen-bond donors (Lipinski definition) is 2. The fourth-order valence-electron chi connectivity index (χ4n) is 2.27. The summed E-state index contributed by atoms with van der Waals surface area (Å²) in [6.45, 7) is 13.7. The number of nitrogens with one attached hydrogen (secondary N) is 2. The number of guanidine groups is 1. The van der Waals surface area contributed by atoms with Crippen LogP contribution in [-0.4, -0.2) is 38.9 Å². The molecular formula is C20H36IN3O2. The summed E-state index contributed by atoms with van der Waals surface area (Å²) in [5.41, 5.74) is 2.40. The van der Waals surface area contributed by atoms with Crippen molar-refractivity contribution < 1.29 is 9.47 Å². The van der Waals surface area contributed by atoms with Crippen molar-refractivity contribution in [2.75, 3.05) is 32.9 Å². The first-order valence-electron chi connectivity index (χ1n) is 9.41. The molecule has 0 heterocycles. The van der Waals surface area contributed by atoms with Crippen LogP contribution in [0.1, 0.15) is 45.2 Å². The first-order valence-corrected chi connectivity index (χ1v) is 9.41. The molecule has 0 spiro atoms. The van der Waals surface area contributed by atoms with Crippen molar-refractivity contribution in [3.63, 3.8) is 0 Å². The number of hydrogen-bond acceptors (Lipinski definition) is 3. The normalized spacial score (nSPS) is 11.3. The van der Waals surface area contributed by atoms with E-state index < -0.39 is 0 Å². The minimum atomic E-state index is 0. The lowest BCUT2D eigenvalue weighted by atomic mass is 10.1. The fourth-order valence-corrected chi connectivity index (χ4v) is 2.27. The van der Waals surface area contributed by atoms with Gasteiger partial charge in [-0.25, -0.2) is 4.99 Å². The molecule has 1 aromatic carbocycles. The maximum atomic E-state index is 5.61. The van der Waals surface area contributed by atoms with Gasteiger partial charge in [0.25, 0.3) is 0 Å². The Kier molecular flexibility index (Phi) is 15.8. The summed E-state index contributed by atoms with van der Waals surface area (Å²) in [7, 11) is 0. The van der Waals surface area contributed by atoms with Crippen molar-refractivity contribution in [3.05, 3.63) is 35.4 Å². The highest BCUT2D eigenvalue weighted by Crippen LogP contribution is 2.11. The summed E-state index contributed by atoms with van der Waals surface area (Å²) in [6, 6.07) is 8.31. The summed E-state index contributed by atoms with van der Waals surface area (Å²) in [4.78, 5) is 4.70. The first kappa shape index (κ1) is 25.1. The predicted octanol–water partition coefficient (Wildman–Crippen LogP) is 3.96. The van der Waals surface area contributed by atoms with E-state index in [1.807, 2.05) is 19.1 Å². The molecule has 0 aliphatic heterocycles. The van der Waals surface area contributed by atoms with E-state index in [4.69, 9.17) is 14.5 Å². The lowest BCUT2D eigenvalue weighted by Gasteiger charge is -2.13. The molecule has 1 aromatic rings. The van der Waals surface area contributed by atoms with E-state index in [1.54, 1.807) is 0 Å². The van der Waals surface area contributed by atoms with Gasteiger partial charge in [-0.05, 0) is 37.3 Å². The van der Waals surface area contributed by atoms with Gasteiger partial charge in [0.2, 0.25) is 0 Å². The molecule has 0 aromatic heterocycles. The van der Waals surface area contributed by atoms with Gasteiger partial charge in [0.1, 0.15) is 0 Å². The Bertz CT molecular complexity index is 496. The Morgan fingerprint density at radius 1 is 1.08 bits per heavy atom. The van der Waals surface area contributed by atoms with E-state index in [1.165, 1.54) is 11.1 Å². The lowest BCUT2D eigenvalue weighted by molar-refractivity contribution is 0.108. The maximum absolute atomic E-state index is 5.61. The van der Waals surface area contributed by atoms with Crippen molar-refractivity contribution >= 4 is 29.9 Å². The highest BCUT2D eigenvalue weighted by atomic mass is 127. The molecule has 0 radical (unpaired) electrons. The van der Waals surface area contributed by atoms with Gasteiger partial charge >= 0.3 is 0 Å². The lowest BCUT2D eigenvalue weighted by Crippen LogP contribution is -2.38. The van der Waals surface area contributed by atoms with Crippen molar-refractivity contribution in [1.82, 2.24) is 10.6 Å². The van der Waals surface area contributed by atoms with Gasteiger partial charge < -0.3 is 20.1 Å². The second kappa shape index (κ2) is 16.3. The average molecular weight is 477 g/mol. The Labute approximate surface area is 176 Å².